The number of nitrogens with zero attached hydrogens (tertiary/aromatic N) is 3. The number of carbonyl (C=O) groups is 1. The molecule has 3 aromatic rings. The molecule has 0 aliphatic rings. The van der Waals surface area contributed by atoms with E-state index in [-0.39, 0.29) is 0 Å². The Morgan fingerprint density at radius 3 is 2.64 bits per heavy atom. The van der Waals surface area contributed by atoms with Gasteiger partial charge in [0.15, 0.2) is 0 Å². The minimum Gasteiger partial charge on any atom is -0.439 e. The molecule has 25 heavy (non-hydrogen) atoms. The minimum atomic E-state index is -0.696. The van der Waals surface area contributed by atoms with E-state index in [1.807, 2.05) is 12.1 Å². The maximum Gasteiger partial charge on any atom is 0.437 e. The van der Waals surface area contributed by atoms with Gasteiger partial charge in [0.05, 0.1) is 6.21 Å². The van der Waals surface area contributed by atoms with Gasteiger partial charge in [0.25, 0.3) is 0 Å². The van der Waals surface area contributed by atoms with E-state index in [0.29, 0.717) is 17.3 Å². The third-order valence-electron chi connectivity index (χ3n) is 2.98. The molecule has 0 spiro atoms. The molecule has 124 valence electrons. The van der Waals surface area contributed by atoms with Gasteiger partial charge in [-0.3, -0.25) is 15.1 Å². The molecule has 0 saturated heterocycles. The van der Waals surface area contributed by atoms with E-state index in [1.165, 1.54) is 6.21 Å². The van der Waals surface area contributed by atoms with Gasteiger partial charge in [-0.2, -0.15) is 0 Å². The highest BCUT2D eigenvalue weighted by Gasteiger charge is 2.03. The van der Waals surface area contributed by atoms with Crippen LogP contribution in [0.5, 0.6) is 11.6 Å². The zero-order valence-electron chi connectivity index (χ0n) is 13.1. The Morgan fingerprint density at radius 1 is 1.04 bits per heavy atom. The molecule has 3 rings (SSSR count). The van der Waals surface area contributed by atoms with Crippen LogP contribution in [-0.4, -0.2) is 22.3 Å². The van der Waals surface area contributed by atoms with Crippen molar-refractivity contribution < 1.29 is 14.4 Å². The standard InChI is InChI=1S/C18H14N4O3/c23-18(25-21-13-14-4-3-10-19-12-14)22-15-6-8-16(9-7-15)24-17-5-1-2-11-20-17/h1-13H,(H,22,23)/b21-13+. The lowest BCUT2D eigenvalue weighted by Gasteiger charge is -2.06. The van der Waals surface area contributed by atoms with Crippen LogP contribution in [0, 0.1) is 0 Å². The molecule has 1 N–H and O–H groups in total. The average Bonchev–Trinajstić information content (AvgIpc) is 2.65. The molecule has 1 aromatic carbocycles. The predicted molar refractivity (Wildman–Crippen MR) is 92.7 cm³/mol. The number of pyridine rings is 2. The number of carbonyl (C=O) groups excluding carboxylic acids is 1. The number of ether oxygens (including phenoxy) is 1. The maximum absolute atomic E-state index is 11.7. The van der Waals surface area contributed by atoms with E-state index in [4.69, 9.17) is 9.57 Å². The Bertz CT molecular complexity index is 837. The second kappa shape index (κ2) is 8.21. The van der Waals surface area contributed by atoms with Crippen molar-refractivity contribution in [1.82, 2.24) is 9.97 Å². The van der Waals surface area contributed by atoms with Crippen LogP contribution in [-0.2, 0) is 4.84 Å². The number of oxime groups is 1. The molecular formula is C18H14N4O3. The summed E-state index contributed by atoms with van der Waals surface area (Å²) in [5, 5.41) is 6.16. The molecule has 0 radical (unpaired) electrons. The summed E-state index contributed by atoms with van der Waals surface area (Å²) in [4.78, 5) is 24.4. The fourth-order valence-corrected chi connectivity index (χ4v) is 1.86. The zero-order valence-corrected chi connectivity index (χ0v) is 13.1. The van der Waals surface area contributed by atoms with Gasteiger partial charge in [-0.15, -0.1) is 0 Å². The molecule has 7 heteroatoms. The molecule has 2 aromatic heterocycles. The van der Waals surface area contributed by atoms with Crippen LogP contribution in [0.1, 0.15) is 5.56 Å². The van der Waals surface area contributed by atoms with Gasteiger partial charge < -0.3 is 4.74 Å². The first-order valence-corrected chi connectivity index (χ1v) is 7.40. The largest absolute Gasteiger partial charge is 0.439 e. The van der Waals surface area contributed by atoms with E-state index in [9.17, 15) is 4.79 Å². The lowest BCUT2D eigenvalue weighted by Crippen LogP contribution is -2.10. The van der Waals surface area contributed by atoms with Crippen molar-refractivity contribution in [3.63, 3.8) is 0 Å². The topological polar surface area (TPSA) is 85.7 Å². The lowest BCUT2D eigenvalue weighted by atomic mass is 10.3. The van der Waals surface area contributed by atoms with Crippen molar-refractivity contribution >= 4 is 18.0 Å². The summed E-state index contributed by atoms with van der Waals surface area (Å²) in [6.45, 7) is 0. The fraction of sp³-hybridized carbons (Fsp3) is 0. The summed E-state index contributed by atoms with van der Waals surface area (Å²) in [5.74, 6) is 1.10. The summed E-state index contributed by atoms with van der Waals surface area (Å²) in [6, 6.07) is 15.7. The Kier molecular flexibility index (Phi) is 5.30. The molecule has 0 saturated carbocycles. The number of hydrogen-bond acceptors (Lipinski definition) is 6. The van der Waals surface area contributed by atoms with Crippen molar-refractivity contribution in [2.24, 2.45) is 5.16 Å². The first kappa shape index (κ1) is 16.1. The van der Waals surface area contributed by atoms with Gasteiger partial charge in [0.2, 0.25) is 5.88 Å². The Balaban J connectivity index is 1.51. The molecule has 7 nitrogen and oxygen atoms in total. The molecule has 0 aliphatic carbocycles. The second-order valence-electron chi connectivity index (χ2n) is 4.82. The van der Waals surface area contributed by atoms with Crippen LogP contribution in [0.15, 0.2) is 78.3 Å². The highest BCUT2D eigenvalue weighted by atomic mass is 16.7. The highest BCUT2D eigenvalue weighted by Crippen LogP contribution is 2.21. The number of benzene rings is 1. The SMILES string of the molecule is O=C(Nc1ccc(Oc2ccccn2)cc1)O/N=C/c1cccnc1. The lowest BCUT2D eigenvalue weighted by molar-refractivity contribution is 0.167. The van der Waals surface area contributed by atoms with Gasteiger partial charge in [-0.1, -0.05) is 17.3 Å². The number of nitrogens with one attached hydrogen (secondary N) is 1. The number of anilines is 1. The number of hydrogen-bond donors (Lipinski definition) is 1. The monoisotopic (exact) mass is 334 g/mol. The Labute approximate surface area is 144 Å². The third kappa shape index (κ3) is 5.14. The van der Waals surface area contributed by atoms with E-state index < -0.39 is 6.09 Å². The quantitative estimate of drug-likeness (QED) is 0.435. The maximum atomic E-state index is 11.7. The Hall–Kier alpha value is -3.74. The molecule has 0 bridgehead atoms. The van der Waals surface area contributed by atoms with E-state index in [0.717, 1.165) is 5.56 Å². The normalized spacial score (nSPS) is 10.4. The molecule has 1 amide bonds. The molecular weight excluding hydrogens is 320 g/mol. The van der Waals surface area contributed by atoms with Crippen molar-refractivity contribution in [3.8, 4) is 11.6 Å². The van der Waals surface area contributed by atoms with Crippen molar-refractivity contribution in [1.29, 1.82) is 0 Å². The van der Waals surface area contributed by atoms with Gasteiger partial charge >= 0.3 is 6.09 Å². The number of amides is 1. The second-order valence-corrected chi connectivity index (χ2v) is 4.82. The molecule has 0 unspecified atom stereocenters. The smallest absolute Gasteiger partial charge is 0.437 e. The molecule has 2 heterocycles. The van der Waals surface area contributed by atoms with Gasteiger partial charge in [-0.05, 0) is 36.4 Å². The van der Waals surface area contributed by atoms with Crippen LogP contribution < -0.4 is 10.1 Å². The van der Waals surface area contributed by atoms with Crippen LogP contribution in [0.2, 0.25) is 0 Å². The van der Waals surface area contributed by atoms with Crippen LogP contribution >= 0.6 is 0 Å². The minimum absolute atomic E-state index is 0.493. The number of aromatic nitrogens is 2. The summed E-state index contributed by atoms with van der Waals surface area (Å²) in [5.41, 5.74) is 1.28. The van der Waals surface area contributed by atoms with E-state index in [2.05, 4.69) is 20.4 Å². The van der Waals surface area contributed by atoms with Crippen molar-refractivity contribution in [3.05, 3.63) is 78.8 Å². The number of rotatable bonds is 5. The molecule has 0 fully saturated rings. The van der Waals surface area contributed by atoms with Crippen molar-refractivity contribution in [2.45, 2.75) is 0 Å². The highest BCUT2D eigenvalue weighted by molar-refractivity contribution is 5.85. The van der Waals surface area contributed by atoms with Gasteiger partial charge in [0.1, 0.15) is 5.75 Å². The fourth-order valence-electron chi connectivity index (χ4n) is 1.86. The summed E-state index contributed by atoms with van der Waals surface area (Å²) in [6.07, 6.45) is 5.60. The van der Waals surface area contributed by atoms with Crippen LogP contribution in [0.25, 0.3) is 0 Å². The van der Waals surface area contributed by atoms with E-state index in [1.54, 1.807) is 61.1 Å². The summed E-state index contributed by atoms with van der Waals surface area (Å²) >= 11 is 0. The molecule has 0 aliphatic heterocycles. The third-order valence-corrected chi connectivity index (χ3v) is 2.98. The van der Waals surface area contributed by atoms with Gasteiger partial charge in [-0.25, -0.2) is 9.78 Å². The van der Waals surface area contributed by atoms with Crippen LogP contribution in [0.3, 0.4) is 0 Å². The molecule has 0 atom stereocenters. The van der Waals surface area contributed by atoms with E-state index >= 15 is 0 Å². The van der Waals surface area contributed by atoms with Crippen LogP contribution in [0.4, 0.5) is 10.5 Å². The first-order valence-electron chi connectivity index (χ1n) is 7.40. The predicted octanol–water partition coefficient (Wildman–Crippen LogP) is 3.85. The zero-order chi connectivity index (χ0) is 17.3. The first-order chi connectivity index (χ1) is 12.3. The van der Waals surface area contributed by atoms with Gasteiger partial charge in [0, 0.05) is 35.9 Å². The Morgan fingerprint density at radius 2 is 1.92 bits per heavy atom. The average molecular weight is 334 g/mol. The summed E-state index contributed by atoms with van der Waals surface area (Å²) in [7, 11) is 0. The summed E-state index contributed by atoms with van der Waals surface area (Å²) < 4.78 is 5.57. The van der Waals surface area contributed by atoms with Crippen molar-refractivity contribution in [2.75, 3.05) is 5.32 Å².